The fourth-order valence-electron chi connectivity index (χ4n) is 2.22. The summed E-state index contributed by atoms with van der Waals surface area (Å²) < 4.78 is 30.8. The lowest BCUT2D eigenvalue weighted by molar-refractivity contribution is 0.0947. The van der Waals surface area contributed by atoms with E-state index in [4.69, 9.17) is 4.74 Å². The van der Waals surface area contributed by atoms with Crippen LogP contribution in [0.15, 0.2) is 42.5 Å². The van der Waals surface area contributed by atoms with Crippen LogP contribution in [0, 0.1) is 13.8 Å². The predicted molar refractivity (Wildman–Crippen MR) is 98.7 cm³/mol. The summed E-state index contributed by atoms with van der Waals surface area (Å²) in [6.45, 7) is 4.41. The molecule has 7 heteroatoms. The number of para-hydroxylation sites is 1. The van der Waals surface area contributed by atoms with Crippen molar-refractivity contribution in [3.8, 4) is 5.75 Å². The van der Waals surface area contributed by atoms with E-state index in [1.807, 2.05) is 31.2 Å². The van der Waals surface area contributed by atoms with Crippen LogP contribution in [0.3, 0.4) is 0 Å². The van der Waals surface area contributed by atoms with E-state index in [-0.39, 0.29) is 5.91 Å². The van der Waals surface area contributed by atoms with E-state index in [1.54, 1.807) is 19.1 Å². The number of sulfonamides is 1. The summed E-state index contributed by atoms with van der Waals surface area (Å²) in [5.74, 6) is 0.497. The van der Waals surface area contributed by atoms with E-state index in [1.165, 1.54) is 6.07 Å². The monoisotopic (exact) mass is 362 g/mol. The summed E-state index contributed by atoms with van der Waals surface area (Å²) in [6, 6.07) is 12.5. The molecule has 1 amide bonds. The second-order valence-electron chi connectivity index (χ2n) is 5.77. The molecule has 0 radical (unpaired) electrons. The third kappa shape index (κ3) is 5.79. The Bertz CT molecular complexity index is 863. The van der Waals surface area contributed by atoms with E-state index in [2.05, 4.69) is 10.0 Å². The fourth-order valence-corrected chi connectivity index (χ4v) is 2.84. The minimum absolute atomic E-state index is 0.287. The lowest BCUT2D eigenvalue weighted by Crippen LogP contribution is -2.28. The first-order chi connectivity index (χ1) is 11.8. The average molecular weight is 362 g/mol. The highest BCUT2D eigenvalue weighted by molar-refractivity contribution is 7.92. The molecule has 0 aliphatic carbocycles. The van der Waals surface area contributed by atoms with Gasteiger partial charge in [-0.2, -0.15) is 0 Å². The van der Waals surface area contributed by atoms with Crippen molar-refractivity contribution >= 4 is 21.6 Å². The Balaban J connectivity index is 1.92. The lowest BCUT2D eigenvalue weighted by Gasteiger charge is -2.11. The van der Waals surface area contributed by atoms with Crippen molar-refractivity contribution < 1.29 is 17.9 Å². The summed E-state index contributed by atoms with van der Waals surface area (Å²) in [5, 5.41) is 2.76. The van der Waals surface area contributed by atoms with E-state index in [0.717, 1.165) is 23.1 Å². The van der Waals surface area contributed by atoms with E-state index >= 15 is 0 Å². The molecule has 6 nitrogen and oxygen atoms in total. The number of anilines is 1. The summed E-state index contributed by atoms with van der Waals surface area (Å²) >= 11 is 0. The molecular weight excluding hydrogens is 340 g/mol. The zero-order chi connectivity index (χ0) is 18.4. The van der Waals surface area contributed by atoms with Crippen molar-refractivity contribution in [2.75, 3.05) is 24.1 Å². The summed E-state index contributed by atoms with van der Waals surface area (Å²) in [6.07, 6.45) is 1.07. The Morgan fingerprint density at radius 3 is 2.48 bits per heavy atom. The fraction of sp³-hybridized carbons (Fsp3) is 0.278. The highest BCUT2D eigenvalue weighted by atomic mass is 32.2. The van der Waals surface area contributed by atoms with Crippen LogP contribution in [0.25, 0.3) is 0 Å². The van der Waals surface area contributed by atoms with Crippen molar-refractivity contribution in [1.82, 2.24) is 5.32 Å². The number of amides is 1. The Labute approximate surface area is 148 Å². The van der Waals surface area contributed by atoms with E-state index in [9.17, 15) is 13.2 Å². The van der Waals surface area contributed by atoms with Gasteiger partial charge in [0.1, 0.15) is 12.4 Å². The SMILES string of the molecule is Cc1ccc(C(=O)NCCOc2ccccc2C)cc1NS(C)(=O)=O. The van der Waals surface area contributed by atoms with Crippen LogP contribution in [0.2, 0.25) is 0 Å². The highest BCUT2D eigenvalue weighted by Crippen LogP contribution is 2.18. The molecule has 0 aliphatic heterocycles. The number of hydrogen-bond acceptors (Lipinski definition) is 4. The second-order valence-corrected chi connectivity index (χ2v) is 7.52. The molecule has 0 saturated heterocycles. The van der Waals surface area contributed by atoms with E-state index in [0.29, 0.717) is 24.4 Å². The van der Waals surface area contributed by atoms with Crippen molar-refractivity contribution in [1.29, 1.82) is 0 Å². The Kier molecular flexibility index (Phi) is 6.03. The predicted octanol–water partition coefficient (Wildman–Crippen LogP) is 2.48. The van der Waals surface area contributed by atoms with Gasteiger partial charge in [0.2, 0.25) is 10.0 Å². The number of rotatable bonds is 7. The van der Waals surface area contributed by atoms with Gasteiger partial charge in [-0.15, -0.1) is 0 Å². The molecule has 2 aromatic rings. The number of carbonyl (C=O) groups is 1. The molecule has 2 rings (SSSR count). The highest BCUT2D eigenvalue weighted by Gasteiger charge is 2.10. The van der Waals surface area contributed by atoms with Gasteiger partial charge in [0.15, 0.2) is 0 Å². The van der Waals surface area contributed by atoms with Gasteiger partial charge < -0.3 is 10.1 Å². The number of aryl methyl sites for hydroxylation is 2. The Morgan fingerprint density at radius 1 is 1.08 bits per heavy atom. The first kappa shape index (κ1) is 18.8. The maximum Gasteiger partial charge on any atom is 0.251 e. The van der Waals surface area contributed by atoms with Crippen LogP contribution >= 0.6 is 0 Å². The molecule has 0 bridgehead atoms. The minimum Gasteiger partial charge on any atom is -0.491 e. The topological polar surface area (TPSA) is 84.5 Å². The molecule has 134 valence electrons. The van der Waals surface area contributed by atoms with Crippen LogP contribution < -0.4 is 14.8 Å². The zero-order valence-corrected chi connectivity index (χ0v) is 15.3. The van der Waals surface area contributed by atoms with Gasteiger partial charge in [-0.25, -0.2) is 8.42 Å². The standard InChI is InChI=1S/C18H22N2O4S/c1-13-8-9-15(12-16(13)20-25(3,22)23)18(21)19-10-11-24-17-7-5-4-6-14(17)2/h4-9,12,20H,10-11H2,1-3H3,(H,19,21). The molecule has 0 saturated carbocycles. The normalized spacial score (nSPS) is 11.0. The minimum atomic E-state index is -3.40. The van der Waals surface area contributed by atoms with Gasteiger partial charge in [-0.05, 0) is 43.2 Å². The summed E-state index contributed by atoms with van der Waals surface area (Å²) in [5.41, 5.74) is 2.55. The molecule has 2 aromatic carbocycles. The Morgan fingerprint density at radius 2 is 1.80 bits per heavy atom. The number of ether oxygens (including phenoxy) is 1. The third-order valence-corrected chi connectivity index (χ3v) is 4.12. The van der Waals surface area contributed by atoms with Gasteiger partial charge in [0, 0.05) is 5.56 Å². The van der Waals surface area contributed by atoms with Crippen LogP contribution in [-0.2, 0) is 10.0 Å². The van der Waals surface area contributed by atoms with E-state index < -0.39 is 10.0 Å². The first-order valence-corrected chi connectivity index (χ1v) is 9.70. The molecule has 25 heavy (non-hydrogen) atoms. The van der Waals surface area contributed by atoms with Gasteiger partial charge in [-0.1, -0.05) is 24.3 Å². The van der Waals surface area contributed by atoms with Gasteiger partial charge in [0.25, 0.3) is 5.91 Å². The maximum atomic E-state index is 12.2. The van der Waals surface area contributed by atoms with Crippen LogP contribution in [0.4, 0.5) is 5.69 Å². The lowest BCUT2D eigenvalue weighted by atomic mass is 10.1. The molecule has 0 heterocycles. The smallest absolute Gasteiger partial charge is 0.251 e. The number of nitrogens with one attached hydrogen (secondary N) is 2. The molecule has 0 aromatic heterocycles. The summed E-state index contributed by atoms with van der Waals surface area (Å²) in [7, 11) is -3.40. The van der Waals surface area contributed by atoms with Crippen LogP contribution in [-0.4, -0.2) is 33.7 Å². The molecular formula is C18H22N2O4S. The van der Waals surface area contributed by atoms with Crippen molar-refractivity contribution in [3.05, 3.63) is 59.2 Å². The molecule has 0 fully saturated rings. The average Bonchev–Trinajstić information content (AvgIpc) is 2.53. The van der Waals surface area contributed by atoms with Crippen LogP contribution in [0.1, 0.15) is 21.5 Å². The number of hydrogen-bond donors (Lipinski definition) is 2. The second kappa shape index (κ2) is 8.02. The summed E-state index contributed by atoms with van der Waals surface area (Å²) in [4.78, 5) is 12.2. The van der Waals surface area contributed by atoms with Crippen molar-refractivity contribution in [2.24, 2.45) is 0 Å². The quantitative estimate of drug-likeness (QED) is 0.741. The molecule has 0 unspecified atom stereocenters. The van der Waals surface area contributed by atoms with Crippen molar-refractivity contribution in [3.63, 3.8) is 0 Å². The first-order valence-electron chi connectivity index (χ1n) is 7.81. The molecule has 0 aliphatic rings. The van der Waals surface area contributed by atoms with Crippen molar-refractivity contribution in [2.45, 2.75) is 13.8 Å². The number of carbonyl (C=O) groups excluding carboxylic acids is 1. The Hall–Kier alpha value is -2.54. The number of benzene rings is 2. The van der Waals surface area contributed by atoms with Crippen LogP contribution in [0.5, 0.6) is 5.75 Å². The zero-order valence-electron chi connectivity index (χ0n) is 14.5. The third-order valence-electron chi connectivity index (χ3n) is 3.53. The van der Waals surface area contributed by atoms with Gasteiger partial charge in [-0.3, -0.25) is 9.52 Å². The molecule has 2 N–H and O–H groups in total. The largest absolute Gasteiger partial charge is 0.491 e. The van der Waals surface area contributed by atoms with Gasteiger partial charge >= 0.3 is 0 Å². The maximum absolute atomic E-state index is 12.2. The van der Waals surface area contributed by atoms with Gasteiger partial charge in [0.05, 0.1) is 18.5 Å². The molecule has 0 spiro atoms. The molecule has 0 atom stereocenters.